The highest BCUT2D eigenvalue weighted by Crippen LogP contribution is 2.28. The van der Waals surface area contributed by atoms with Gasteiger partial charge in [-0.15, -0.1) is 0 Å². The molecule has 0 aliphatic heterocycles. The van der Waals surface area contributed by atoms with Crippen molar-refractivity contribution in [2.45, 2.75) is 13.5 Å². The molecule has 0 spiro atoms. The van der Waals surface area contributed by atoms with Gasteiger partial charge >= 0.3 is 11.9 Å². The lowest BCUT2D eigenvalue weighted by atomic mass is 9.97. The Balaban J connectivity index is 2.50. The van der Waals surface area contributed by atoms with Crippen molar-refractivity contribution in [3.05, 3.63) is 64.7 Å². The van der Waals surface area contributed by atoms with Gasteiger partial charge in [-0.3, -0.25) is 4.79 Å². The summed E-state index contributed by atoms with van der Waals surface area (Å²) in [5, 5.41) is 9.43. The minimum atomic E-state index is -1.40. The van der Waals surface area contributed by atoms with Crippen molar-refractivity contribution in [1.29, 1.82) is 0 Å². The number of ether oxygens (including phenoxy) is 2. The van der Waals surface area contributed by atoms with Crippen LogP contribution in [0.2, 0.25) is 0 Å². The Bertz CT molecular complexity index is 780. The van der Waals surface area contributed by atoms with Gasteiger partial charge in [0.15, 0.2) is 5.78 Å². The summed E-state index contributed by atoms with van der Waals surface area (Å²) in [4.78, 5) is 35.3. The van der Waals surface area contributed by atoms with E-state index in [4.69, 9.17) is 4.74 Å². The number of carbonyl (C=O) groups excluding carboxylic acids is 2. The van der Waals surface area contributed by atoms with Crippen molar-refractivity contribution in [2.75, 3.05) is 7.11 Å². The molecule has 2 aromatic carbocycles. The lowest BCUT2D eigenvalue weighted by Crippen LogP contribution is -2.16. The summed E-state index contributed by atoms with van der Waals surface area (Å²) in [5.74, 6) is -2.69. The molecular formula is C18H16O6. The normalized spacial score (nSPS) is 10.1. The number of benzene rings is 2. The first kappa shape index (κ1) is 17.2. The van der Waals surface area contributed by atoms with E-state index in [0.717, 1.165) is 12.7 Å². The van der Waals surface area contributed by atoms with E-state index in [1.165, 1.54) is 19.1 Å². The van der Waals surface area contributed by atoms with Crippen LogP contribution >= 0.6 is 0 Å². The molecule has 24 heavy (non-hydrogen) atoms. The number of aromatic carboxylic acids is 1. The zero-order valence-electron chi connectivity index (χ0n) is 13.2. The molecule has 2 aromatic rings. The monoisotopic (exact) mass is 328 g/mol. The van der Waals surface area contributed by atoms with Crippen LogP contribution in [0.4, 0.5) is 0 Å². The SMILES string of the molecule is COC(=O)c1c(OCc2ccccc2)ccc(C(C)=O)c1C(=O)O. The van der Waals surface area contributed by atoms with E-state index in [-0.39, 0.29) is 23.5 Å². The number of carbonyl (C=O) groups is 3. The molecule has 0 aliphatic carbocycles. The Morgan fingerprint density at radius 3 is 2.21 bits per heavy atom. The smallest absolute Gasteiger partial charge is 0.342 e. The molecule has 0 aliphatic rings. The van der Waals surface area contributed by atoms with Gasteiger partial charge in [-0.2, -0.15) is 0 Å². The van der Waals surface area contributed by atoms with Gasteiger partial charge in [0.1, 0.15) is 17.9 Å². The molecule has 0 atom stereocenters. The fraction of sp³-hybridized carbons (Fsp3) is 0.167. The van der Waals surface area contributed by atoms with Crippen LogP contribution in [0.1, 0.15) is 43.6 Å². The molecule has 2 rings (SSSR count). The number of carboxylic acid groups (broad SMARTS) is 1. The Hall–Kier alpha value is -3.15. The third-order valence-corrected chi connectivity index (χ3v) is 3.39. The van der Waals surface area contributed by atoms with Crippen LogP contribution < -0.4 is 4.74 Å². The summed E-state index contributed by atoms with van der Waals surface area (Å²) in [5.41, 5.74) is 0.0874. The minimum absolute atomic E-state index is 0.0492. The molecule has 0 aromatic heterocycles. The second kappa shape index (κ2) is 7.41. The third kappa shape index (κ3) is 3.60. The van der Waals surface area contributed by atoms with E-state index in [0.29, 0.717) is 0 Å². The van der Waals surface area contributed by atoms with E-state index in [1.54, 1.807) is 0 Å². The van der Waals surface area contributed by atoms with Gasteiger partial charge in [-0.1, -0.05) is 30.3 Å². The summed E-state index contributed by atoms with van der Waals surface area (Å²) in [6.45, 7) is 1.37. The van der Waals surface area contributed by atoms with E-state index >= 15 is 0 Å². The number of methoxy groups -OCH3 is 1. The molecule has 0 saturated carbocycles. The van der Waals surface area contributed by atoms with Crippen molar-refractivity contribution in [3.63, 3.8) is 0 Å². The van der Waals surface area contributed by atoms with Gasteiger partial charge in [0.25, 0.3) is 0 Å². The molecule has 6 nitrogen and oxygen atoms in total. The average molecular weight is 328 g/mol. The quantitative estimate of drug-likeness (QED) is 0.648. The predicted molar refractivity (Wildman–Crippen MR) is 85.5 cm³/mol. The first-order valence-corrected chi connectivity index (χ1v) is 7.12. The third-order valence-electron chi connectivity index (χ3n) is 3.39. The molecule has 0 bridgehead atoms. The average Bonchev–Trinajstić information content (AvgIpc) is 2.59. The number of esters is 1. The van der Waals surface area contributed by atoms with E-state index < -0.39 is 23.3 Å². The lowest BCUT2D eigenvalue weighted by Gasteiger charge is -2.14. The van der Waals surface area contributed by atoms with Gasteiger partial charge in [0.2, 0.25) is 0 Å². The predicted octanol–water partition coefficient (Wildman–Crippen LogP) is 2.95. The van der Waals surface area contributed by atoms with Crippen molar-refractivity contribution in [1.82, 2.24) is 0 Å². The lowest BCUT2D eigenvalue weighted by molar-refractivity contribution is 0.0576. The Morgan fingerprint density at radius 2 is 1.67 bits per heavy atom. The molecule has 0 amide bonds. The van der Waals surface area contributed by atoms with Gasteiger partial charge in [-0.25, -0.2) is 9.59 Å². The molecule has 6 heteroatoms. The molecule has 0 saturated heterocycles. The molecule has 1 N–H and O–H groups in total. The zero-order valence-corrected chi connectivity index (χ0v) is 13.2. The van der Waals surface area contributed by atoms with Crippen LogP contribution in [0, 0.1) is 0 Å². The van der Waals surface area contributed by atoms with Crippen LogP contribution in [-0.2, 0) is 11.3 Å². The fourth-order valence-electron chi connectivity index (χ4n) is 2.26. The standard InChI is InChI=1S/C18H16O6/c1-11(19)13-8-9-14(24-10-12-6-4-3-5-7-12)16(18(22)23-2)15(13)17(20)21/h3-9H,10H2,1-2H3,(H,20,21). The van der Waals surface area contributed by atoms with E-state index in [9.17, 15) is 19.5 Å². The maximum Gasteiger partial charge on any atom is 0.342 e. The van der Waals surface area contributed by atoms with Gasteiger partial charge in [0, 0.05) is 5.56 Å². The van der Waals surface area contributed by atoms with Crippen molar-refractivity contribution >= 4 is 17.7 Å². The summed E-state index contributed by atoms with van der Waals surface area (Å²) in [6, 6.07) is 11.9. The van der Waals surface area contributed by atoms with Crippen LogP contribution in [0.5, 0.6) is 5.75 Å². The van der Waals surface area contributed by atoms with Gasteiger partial charge in [-0.05, 0) is 24.6 Å². The molecule has 0 fully saturated rings. The first-order valence-electron chi connectivity index (χ1n) is 7.12. The van der Waals surface area contributed by atoms with Crippen LogP contribution in [-0.4, -0.2) is 29.9 Å². The second-order valence-electron chi connectivity index (χ2n) is 4.99. The zero-order chi connectivity index (χ0) is 17.7. The number of hydrogen-bond donors (Lipinski definition) is 1. The van der Waals surface area contributed by atoms with Crippen LogP contribution in [0.3, 0.4) is 0 Å². The molecule has 0 radical (unpaired) electrons. The maximum absolute atomic E-state index is 12.1. The molecule has 0 unspecified atom stereocenters. The topological polar surface area (TPSA) is 89.9 Å². The Kier molecular flexibility index (Phi) is 5.31. The summed E-state index contributed by atoms with van der Waals surface area (Å²) >= 11 is 0. The van der Waals surface area contributed by atoms with Crippen molar-refractivity contribution in [2.24, 2.45) is 0 Å². The van der Waals surface area contributed by atoms with E-state index in [1.807, 2.05) is 30.3 Å². The van der Waals surface area contributed by atoms with Crippen LogP contribution in [0.25, 0.3) is 0 Å². The first-order chi connectivity index (χ1) is 11.5. The number of carboxylic acids is 1. The molecule has 124 valence electrons. The highest BCUT2D eigenvalue weighted by atomic mass is 16.5. The van der Waals surface area contributed by atoms with Crippen molar-refractivity contribution in [3.8, 4) is 5.75 Å². The number of ketones is 1. The van der Waals surface area contributed by atoms with Crippen LogP contribution in [0.15, 0.2) is 42.5 Å². The molecular weight excluding hydrogens is 312 g/mol. The van der Waals surface area contributed by atoms with Gasteiger partial charge < -0.3 is 14.6 Å². The highest BCUT2D eigenvalue weighted by molar-refractivity contribution is 6.12. The molecule has 0 heterocycles. The van der Waals surface area contributed by atoms with Gasteiger partial charge in [0.05, 0.1) is 12.7 Å². The fourth-order valence-corrected chi connectivity index (χ4v) is 2.26. The summed E-state index contributed by atoms with van der Waals surface area (Å²) < 4.78 is 10.3. The highest BCUT2D eigenvalue weighted by Gasteiger charge is 2.27. The Morgan fingerprint density at radius 1 is 1.00 bits per heavy atom. The van der Waals surface area contributed by atoms with Crippen molar-refractivity contribution < 1.29 is 29.0 Å². The minimum Gasteiger partial charge on any atom is -0.488 e. The number of Topliss-reactive ketones (excluding diaryl/α,β-unsaturated/α-hetero) is 1. The Labute approximate surface area is 138 Å². The summed E-state index contributed by atoms with van der Waals surface area (Å²) in [6.07, 6.45) is 0. The number of rotatable bonds is 6. The largest absolute Gasteiger partial charge is 0.488 e. The van der Waals surface area contributed by atoms with E-state index in [2.05, 4.69) is 4.74 Å². The maximum atomic E-state index is 12.1. The number of hydrogen-bond acceptors (Lipinski definition) is 5. The second-order valence-corrected chi connectivity index (χ2v) is 4.99. The summed E-state index contributed by atoms with van der Waals surface area (Å²) in [7, 11) is 1.13.